The molecular formula is C17H22F2N2O3. The summed E-state index contributed by atoms with van der Waals surface area (Å²) in [7, 11) is 0. The maximum atomic E-state index is 13.6. The summed E-state index contributed by atoms with van der Waals surface area (Å²) in [5, 5.41) is 2.41. The number of rotatable bonds is 5. The number of piperidine rings is 1. The largest absolute Gasteiger partial charge is 0.466 e. The molecule has 2 rings (SSSR count). The van der Waals surface area contributed by atoms with E-state index in [-0.39, 0.29) is 17.6 Å². The van der Waals surface area contributed by atoms with Gasteiger partial charge < -0.3 is 10.1 Å². The third-order valence-electron chi connectivity index (χ3n) is 4.19. The van der Waals surface area contributed by atoms with Gasteiger partial charge in [-0.05, 0) is 45.4 Å². The van der Waals surface area contributed by atoms with Crippen LogP contribution in [-0.4, -0.2) is 42.5 Å². The van der Waals surface area contributed by atoms with E-state index in [1.54, 1.807) is 13.8 Å². The molecule has 1 aliphatic heterocycles. The van der Waals surface area contributed by atoms with Crippen molar-refractivity contribution in [3.63, 3.8) is 0 Å². The predicted molar refractivity (Wildman–Crippen MR) is 85.4 cm³/mol. The minimum absolute atomic E-state index is 0.189. The van der Waals surface area contributed by atoms with E-state index in [0.29, 0.717) is 19.7 Å². The van der Waals surface area contributed by atoms with E-state index in [0.717, 1.165) is 31.0 Å². The van der Waals surface area contributed by atoms with Crippen LogP contribution in [0.15, 0.2) is 18.2 Å². The first kappa shape index (κ1) is 18.3. The molecule has 1 aromatic rings. The lowest BCUT2D eigenvalue weighted by Gasteiger charge is -2.35. The molecule has 132 valence electrons. The first-order valence-corrected chi connectivity index (χ1v) is 8.09. The van der Waals surface area contributed by atoms with Crippen LogP contribution in [0.5, 0.6) is 0 Å². The topological polar surface area (TPSA) is 58.6 Å². The molecule has 1 aliphatic rings. The standard InChI is InChI=1S/C17H22F2N2O3/c1-3-24-17(23)12-5-4-8-21(10-12)11(2)16(22)20-15-9-13(18)6-7-14(15)19/h6-7,9,11-12H,3-5,8,10H2,1-2H3,(H,20,22)/t11-,12+/m0/s1. The Bertz CT molecular complexity index is 609. The van der Waals surface area contributed by atoms with E-state index in [1.807, 2.05) is 4.90 Å². The summed E-state index contributed by atoms with van der Waals surface area (Å²) >= 11 is 0. The maximum absolute atomic E-state index is 13.6. The van der Waals surface area contributed by atoms with Crippen molar-refractivity contribution in [3.05, 3.63) is 29.8 Å². The number of carbonyl (C=O) groups is 2. The monoisotopic (exact) mass is 340 g/mol. The predicted octanol–water partition coefficient (Wildman–Crippen LogP) is 2.57. The van der Waals surface area contributed by atoms with Crippen LogP contribution < -0.4 is 5.32 Å². The van der Waals surface area contributed by atoms with Gasteiger partial charge in [0.2, 0.25) is 5.91 Å². The number of benzene rings is 1. The summed E-state index contributed by atoms with van der Waals surface area (Å²) in [6, 6.07) is 2.33. The molecule has 1 amide bonds. The van der Waals surface area contributed by atoms with Gasteiger partial charge in [-0.3, -0.25) is 14.5 Å². The zero-order chi connectivity index (χ0) is 17.7. The van der Waals surface area contributed by atoms with Crippen LogP contribution in [0.1, 0.15) is 26.7 Å². The van der Waals surface area contributed by atoms with Crippen LogP contribution in [0, 0.1) is 17.6 Å². The normalized spacial score (nSPS) is 19.6. The molecule has 1 aromatic carbocycles. The molecule has 1 heterocycles. The number of hydrogen-bond acceptors (Lipinski definition) is 4. The van der Waals surface area contributed by atoms with Crippen LogP contribution in [-0.2, 0) is 14.3 Å². The molecule has 1 N–H and O–H groups in total. The van der Waals surface area contributed by atoms with E-state index < -0.39 is 23.6 Å². The molecule has 0 unspecified atom stereocenters. The van der Waals surface area contributed by atoms with Gasteiger partial charge in [0, 0.05) is 12.6 Å². The number of likely N-dealkylation sites (tertiary alicyclic amines) is 1. The van der Waals surface area contributed by atoms with Gasteiger partial charge in [-0.1, -0.05) is 0 Å². The quantitative estimate of drug-likeness (QED) is 0.837. The number of nitrogens with zero attached hydrogens (tertiary/aromatic N) is 1. The molecule has 0 aromatic heterocycles. The summed E-state index contributed by atoms with van der Waals surface area (Å²) in [5.41, 5.74) is -0.189. The lowest BCUT2D eigenvalue weighted by molar-refractivity contribution is -0.150. The van der Waals surface area contributed by atoms with Gasteiger partial charge in [0.05, 0.1) is 24.3 Å². The Labute approximate surface area is 140 Å². The maximum Gasteiger partial charge on any atom is 0.310 e. The molecule has 5 nitrogen and oxygen atoms in total. The Morgan fingerprint density at radius 1 is 1.42 bits per heavy atom. The Hall–Kier alpha value is -2.02. The Balaban J connectivity index is 1.99. The van der Waals surface area contributed by atoms with E-state index >= 15 is 0 Å². The van der Waals surface area contributed by atoms with Gasteiger partial charge in [0.15, 0.2) is 0 Å². The van der Waals surface area contributed by atoms with Crippen molar-refractivity contribution in [3.8, 4) is 0 Å². The highest BCUT2D eigenvalue weighted by molar-refractivity contribution is 5.94. The molecule has 1 saturated heterocycles. The van der Waals surface area contributed by atoms with Gasteiger partial charge in [0.1, 0.15) is 11.6 Å². The smallest absolute Gasteiger partial charge is 0.310 e. The molecule has 7 heteroatoms. The van der Waals surface area contributed by atoms with Crippen molar-refractivity contribution in [2.75, 3.05) is 25.0 Å². The number of carbonyl (C=O) groups excluding carboxylic acids is 2. The first-order chi connectivity index (χ1) is 11.4. The molecular weight excluding hydrogens is 318 g/mol. The average molecular weight is 340 g/mol. The summed E-state index contributed by atoms with van der Waals surface area (Å²) in [4.78, 5) is 26.0. The molecule has 0 spiro atoms. The molecule has 0 bridgehead atoms. The van der Waals surface area contributed by atoms with Gasteiger partial charge >= 0.3 is 5.97 Å². The number of amides is 1. The molecule has 2 atom stereocenters. The van der Waals surface area contributed by atoms with E-state index in [1.165, 1.54) is 0 Å². The summed E-state index contributed by atoms with van der Waals surface area (Å²) in [5.74, 6) is -2.28. The van der Waals surface area contributed by atoms with Crippen molar-refractivity contribution < 1.29 is 23.1 Å². The van der Waals surface area contributed by atoms with Gasteiger partial charge in [0.25, 0.3) is 0 Å². The second-order valence-corrected chi connectivity index (χ2v) is 5.88. The molecule has 24 heavy (non-hydrogen) atoms. The lowest BCUT2D eigenvalue weighted by atomic mass is 9.97. The lowest BCUT2D eigenvalue weighted by Crippen LogP contribution is -2.48. The van der Waals surface area contributed by atoms with Gasteiger partial charge in [-0.25, -0.2) is 8.78 Å². The zero-order valence-electron chi connectivity index (χ0n) is 13.9. The Morgan fingerprint density at radius 2 is 2.17 bits per heavy atom. The van der Waals surface area contributed by atoms with Crippen LogP contribution in [0.2, 0.25) is 0 Å². The number of hydrogen-bond donors (Lipinski definition) is 1. The molecule has 0 radical (unpaired) electrons. The number of esters is 1. The Kier molecular flexibility index (Phi) is 6.25. The highest BCUT2D eigenvalue weighted by Gasteiger charge is 2.31. The van der Waals surface area contributed by atoms with Crippen molar-refractivity contribution >= 4 is 17.6 Å². The second kappa shape index (κ2) is 8.19. The third-order valence-corrected chi connectivity index (χ3v) is 4.19. The van der Waals surface area contributed by atoms with E-state index in [4.69, 9.17) is 4.74 Å². The van der Waals surface area contributed by atoms with Crippen molar-refractivity contribution in [1.29, 1.82) is 0 Å². The number of halogens is 2. The molecule has 0 aliphatic carbocycles. The van der Waals surface area contributed by atoms with E-state index in [9.17, 15) is 18.4 Å². The van der Waals surface area contributed by atoms with Crippen LogP contribution in [0.25, 0.3) is 0 Å². The van der Waals surface area contributed by atoms with Crippen LogP contribution in [0.3, 0.4) is 0 Å². The minimum atomic E-state index is -0.694. The molecule has 0 saturated carbocycles. The fourth-order valence-corrected chi connectivity index (χ4v) is 2.81. The second-order valence-electron chi connectivity index (χ2n) is 5.88. The Morgan fingerprint density at radius 3 is 2.88 bits per heavy atom. The summed E-state index contributed by atoms with van der Waals surface area (Å²) in [6.45, 7) is 4.83. The van der Waals surface area contributed by atoms with Crippen LogP contribution in [0.4, 0.5) is 14.5 Å². The zero-order valence-corrected chi connectivity index (χ0v) is 13.9. The van der Waals surface area contributed by atoms with Crippen molar-refractivity contribution in [1.82, 2.24) is 4.90 Å². The first-order valence-electron chi connectivity index (χ1n) is 8.09. The average Bonchev–Trinajstić information content (AvgIpc) is 2.57. The SMILES string of the molecule is CCOC(=O)[C@@H]1CCCN([C@@H](C)C(=O)Nc2cc(F)ccc2F)C1. The summed E-state index contributed by atoms with van der Waals surface area (Å²) < 4.78 is 31.9. The number of nitrogens with one attached hydrogen (secondary N) is 1. The fraction of sp³-hybridized carbons (Fsp3) is 0.529. The van der Waals surface area contributed by atoms with Gasteiger partial charge in [-0.15, -0.1) is 0 Å². The molecule has 1 fully saturated rings. The highest BCUT2D eigenvalue weighted by atomic mass is 19.1. The van der Waals surface area contributed by atoms with Crippen molar-refractivity contribution in [2.24, 2.45) is 5.92 Å². The summed E-state index contributed by atoms with van der Waals surface area (Å²) in [6.07, 6.45) is 1.50. The number of ether oxygens (including phenoxy) is 1. The fourth-order valence-electron chi connectivity index (χ4n) is 2.81. The van der Waals surface area contributed by atoms with Crippen LogP contribution >= 0.6 is 0 Å². The number of anilines is 1. The minimum Gasteiger partial charge on any atom is -0.466 e. The van der Waals surface area contributed by atoms with Gasteiger partial charge in [-0.2, -0.15) is 0 Å². The third kappa shape index (κ3) is 4.50. The highest BCUT2D eigenvalue weighted by Crippen LogP contribution is 2.21. The van der Waals surface area contributed by atoms with Crippen molar-refractivity contribution in [2.45, 2.75) is 32.7 Å². The van der Waals surface area contributed by atoms with E-state index in [2.05, 4.69) is 5.32 Å².